The second-order valence-electron chi connectivity index (χ2n) is 6.66. The zero-order valence-electron chi connectivity index (χ0n) is 14.0. The van der Waals surface area contributed by atoms with Crippen LogP contribution in [0.1, 0.15) is 30.0 Å². The van der Waals surface area contributed by atoms with Gasteiger partial charge in [-0.2, -0.15) is 0 Å². The number of halogens is 2. The summed E-state index contributed by atoms with van der Waals surface area (Å²) in [5, 5.41) is 3.58. The normalized spacial score (nSPS) is 23.9. The fraction of sp³-hybridized carbons (Fsp3) is 0.588. The van der Waals surface area contributed by atoms with Gasteiger partial charge < -0.3 is 10.2 Å². The first-order valence-corrected chi connectivity index (χ1v) is 7.82. The minimum absolute atomic E-state index is 0. The van der Waals surface area contributed by atoms with Crippen molar-refractivity contribution < 1.29 is 4.79 Å². The monoisotopic (exact) mass is 359 g/mol. The van der Waals surface area contributed by atoms with Gasteiger partial charge in [-0.25, -0.2) is 0 Å². The summed E-state index contributed by atoms with van der Waals surface area (Å²) in [6, 6.07) is 9.11. The Balaban J connectivity index is 0.00000132. The molecule has 4 nitrogen and oxygen atoms in total. The van der Waals surface area contributed by atoms with Crippen molar-refractivity contribution in [2.75, 3.05) is 27.2 Å². The number of nitrogens with one attached hydrogen (secondary N) is 1. The molecule has 2 fully saturated rings. The number of rotatable bonds is 3. The Bertz CT molecular complexity index is 526. The highest BCUT2D eigenvalue weighted by molar-refractivity contribution is 5.85. The number of nitrogens with zero attached hydrogens (tertiary/aromatic N) is 2. The van der Waals surface area contributed by atoms with Crippen molar-refractivity contribution in [3.05, 3.63) is 35.4 Å². The zero-order chi connectivity index (χ0) is 15.0. The number of likely N-dealkylation sites (tertiary alicyclic amines) is 1. The van der Waals surface area contributed by atoms with Crippen molar-refractivity contribution in [3.63, 3.8) is 0 Å². The zero-order valence-corrected chi connectivity index (χ0v) is 15.6. The number of likely N-dealkylation sites (N-methyl/N-ethyl adjacent to an activating group) is 1. The van der Waals surface area contributed by atoms with Crippen molar-refractivity contribution in [1.82, 2.24) is 15.1 Å². The van der Waals surface area contributed by atoms with Gasteiger partial charge in [0, 0.05) is 25.2 Å². The number of carbonyl (C=O) groups excluding carboxylic acids is 1. The van der Waals surface area contributed by atoms with Gasteiger partial charge in [-0.3, -0.25) is 9.69 Å². The lowest BCUT2D eigenvalue weighted by Gasteiger charge is -2.37. The lowest BCUT2D eigenvalue weighted by Crippen LogP contribution is -2.55. The summed E-state index contributed by atoms with van der Waals surface area (Å²) in [5.41, 5.74) is 2.29. The number of amides is 1. The molecule has 2 aliphatic heterocycles. The molecule has 0 saturated carbocycles. The third-order valence-corrected chi connectivity index (χ3v) is 4.64. The minimum atomic E-state index is -0.178. The van der Waals surface area contributed by atoms with E-state index in [-0.39, 0.29) is 36.8 Å². The lowest BCUT2D eigenvalue weighted by atomic mass is 10.0. The molecule has 130 valence electrons. The van der Waals surface area contributed by atoms with Crippen LogP contribution in [0.5, 0.6) is 0 Å². The number of benzene rings is 1. The number of aryl methyl sites for hydroxylation is 1. The van der Waals surface area contributed by atoms with E-state index in [2.05, 4.69) is 35.3 Å². The molecule has 1 N–H and O–H groups in total. The van der Waals surface area contributed by atoms with Gasteiger partial charge in [0.1, 0.15) is 6.04 Å². The summed E-state index contributed by atoms with van der Waals surface area (Å²) >= 11 is 0. The van der Waals surface area contributed by atoms with Gasteiger partial charge in [0.05, 0.1) is 0 Å². The molecular weight excluding hydrogens is 333 g/mol. The van der Waals surface area contributed by atoms with E-state index in [0.29, 0.717) is 12.1 Å². The highest BCUT2D eigenvalue weighted by Gasteiger charge is 2.37. The Morgan fingerprint density at radius 1 is 1.22 bits per heavy atom. The summed E-state index contributed by atoms with van der Waals surface area (Å²) in [7, 11) is 3.98. The van der Waals surface area contributed by atoms with Crippen molar-refractivity contribution in [3.8, 4) is 0 Å². The lowest BCUT2D eigenvalue weighted by molar-refractivity contribution is -0.137. The SMILES string of the molecule is Cc1cccc(C(C(=O)N2C[C@H]3CC[C@@H](C2)N3)N(C)C)c1.Cl.Cl. The molecular formula is C17H27Cl2N3O. The third kappa shape index (κ3) is 4.38. The molecule has 2 bridgehead atoms. The number of piperazine rings is 1. The van der Waals surface area contributed by atoms with Crippen LogP contribution in [0.3, 0.4) is 0 Å². The van der Waals surface area contributed by atoms with Gasteiger partial charge in [0.15, 0.2) is 0 Å². The van der Waals surface area contributed by atoms with Gasteiger partial charge in [-0.05, 0) is 39.4 Å². The molecule has 2 heterocycles. The molecule has 23 heavy (non-hydrogen) atoms. The van der Waals surface area contributed by atoms with Gasteiger partial charge in [0.25, 0.3) is 0 Å². The standard InChI is InChI=1S/C17H25N3O.2ClH/c1-12-5-4-6-13(9-12)16(19(2)3)17(21)20-10-14-7-8-15(11-20)18-14;;/h4-6,9,14-16,18H,7-8,10-11H2,1-3H3;2*1H/t14-,15+,16?;;. The van der Waals surface area contributed by atoms with Gasteiger partial charge >= 0.3 is 0 Å². The highest BCUT2D eigenvalue weighted by Crippen LogP contribution is 2.26. The molecule has 0 spiro atoms. The average Bonchev–Trinajstić information content (AvgIpc) is 2.77. The van der Waals surface area contributed by atoms with Crippen LogP contribution in [0.4, 0.5) is 0 Å². The van der Waals surface area contributed by atoms with Crippen LogP contribution in [0, 0.1) is 6.92 Å². The van der Waals surface area contributed by atoms with E-state index < -0.39 is 0 Å². The second kappa shape index (κ2) is 8.34. The third-order valence-electron chi connectivity index (χ3n) is 4.64. The Morgan fingerprint density at radius 3 is 2.35 bits per heavy atom. The summed E-state index contributed by atoms with van der Waals surface area (Å²) in [6.07, 6.45) is 2.40. The van der Waals surface area contributed by atoms with Crippen molar-refractivity contribution in [2.24, 2.45) is 0 Å². The smallest absolute Gasteiger partial charge is 0.244 e. The molecule has 2 aliphatic rings. The second-order valence-corrected chi connectivity index (χ2v) is 6.66. The topological polar surface area (TPSA) is 35.6 Å². The Morgan fingerprint density at radius 2 is 1.83 bits per heavy atom. The molecule has 1 aromatic carbocycles. The van der Waals surface area contributed by atoms with E-state index in [4.69, 9.17) is 0 Å². The number of hydrogen-bond donors (Lipinski definition) is 1. The molecule has 2 saturated heterocycles. The van der Waals surface area contributed by atoms with Crippen LogP contribution in [0.25, 0.3) is 0 Å². The molecule has 1 aromatic rings. The largest absolute Gasteiger partial charge is 0.338 e. The van der Waals surface area contributed by atoms with E-state index in [1.807, 2.05) is 25.1 Å². The van der Waals surface area contributed by atoms with E-state index >= 15 is 0 Å². The molecule has 0 aromatic heterocycles. The number of fused-ring (bicyclic) bond motifs is 2. The van der Waals surface area contributed by atoms with Crippen LogP contribution in [-0.2, 0) is 4.79 Å². The molecule has 1 amide bonds. The van der Waals surface area contributed by atoms with Crippen LogP contribution in [0.2, 0.25) is 0 Å². The Hall–Kier alpha value is -0.810. The highest BCUT2D eigenvalue weighted by atomic mass is 35.5. The average molecular weight is 360 g/mol. The quantitative estimate of drug-likeness (QED) is 0.899. The van der Waals surface area contributed by atoms with Crippen LogP contribution >= 0.6 is 24.8 Å². The fourth-order valence-electron chi connectivity index (χ4n) is 3.65. The van der Waals surface area contributed by atoms with Gasteiger partial charge in [-0.1, -0.05) is 29.8 Å². The first-order chi connectivity index (χ1) is 10.0. The van der Waals surface area contributed by atoms with E-state index in [9.17, 15) is 4.79 Å². The molecule has 1 unspecified atom stereocenters. The summed E-state index contributed by atoms with van der Waals surface area (Å²) < 4.78 is 0. The molecule has 3 rings (SSSR count). The van der Waals surface area contributed by atoms with E-state index in [0.717, 1.165) is 18.7 Å². The van der Waals surface area contributed by atoms with Gasteiger partial charge in [-0.15, -0.1) is 24.8 Å². The molecule has 0 radical (unpaired) electrons. The van der Waals surface area contributed by atoms with Crippen LogP contribution in [-0.4, -0.2) is 55.0 Å². The Labute approximate surface area is 151 Å². The predicted octanol–water partition coefficient (Wildman–Crippen LogP) is 2.40. The molecule has 3 atom stereocenters. The van der Waals surface area contributed by atoms with Crippen molar-refractivity contribution in [2.45, 2.75) is 37.9 Å². The number of carbonyl (C=O) groups is 1. The molecule has 6 heteroatoms. The minimum Gasteiger partial charge on any atom is -0.338 e. The Kier molecular flexibility index (Phi) is 7.33. The maximum Gasteiger partial charge on any atom is 0.244 e. The molecule has 0 aliphatic carbocycles. The van der Waals surface area contributed by atoms with Crippen molar-refractivity contribution >= 4 is 30.7 Å². The van der Waals surface area contributed by atoms with Crippen molar-refractivity contribution in [1.29, 1.82) is 0 Å². The van der Waals surface area contributed by atoms with Crippen LogP contribution < -0.4 is 5.32 Å². The first kappa shape index (κ1) is 20.2. The number of hydrogen-bond acceptors (Lipinski definition) is 3. The summed E-state index contributed by atoms with van der Waals surface area (Å²) in [4.78, 5) is 17.1. The predicted molar refractivity (Wildman–Crippen MR) is 98.6 cm³/mol. The van der Waals surface area contributed by atoms with E-state index in [1.165, 1.54) is 18.4 Å². The van der Waals surface area contributed by atoms with E-state index in [1.54, 1.807) is 0 Å². The summed E-state index contributed by atoms with van der Waals surface area (Å²) in [5.74, 6) is 0.240. The summed E-state index contributed by atoms with van der Waals surface area (Å²) in [6.45, 7) is 3.78. The fourth-order valence-corrected chi connectivity index (χ4v) is 3.65. The first-order valence-electron chi connectivity index (χ1n) is 7.82. The van der Waals surface area contributed by atoms with Crippen LogP contribution in [0.15, 0.2) is 24.3 Å². The maximum atomic E-state index is 13.0. The maximum absolute atomic E-state index is 13.0. The van der Waals surface area contributed by atoms with Gasteiger partial charge in [0.2, 0.25) is 5.91 Å².